The van der Waals surface area contributed by atoms with E-state index < -0.39 is 0 Å². The first-order valence-electron chi connectivity index (χ1n) is 10.1. The summed E-state index contributed by atoms with van der Waals surface area (Å²) in [5.74, 6) is 3.46. The number of hydrogen-bond acceptors (Lipinski definition) is 9. The molecule has 2 aromatic rings. The number of aromatic nitrogens is 4. The Kier molecular flexibility index (Phi) is 6.01. The average molecular weight is 387 g/mol. The number of morpholine rings is 1. The van der Waals surface area contributed by atoms with E-state index >= 15 is 0 Å². The van der Waals surface area contributed by atoms with Gasteiger partial charge in [0.25, 0.3) is 0 Å². The van der Waals surface area contributed by atoms with Gasteiger partial charge in [0.05, 0.1) is 19.8 Å². The lowest BCUT2D eigenvalue weighted by molar-refractivity contribution is 0.122. The van der Waals surface area contributed by atoms with Gasteiger partial charge in [0, 0.05) is 44.3 Å². The summed E-state index contributed by atoms with van der Waals surface area (Å²) in [4.78, 5) is 18.1. The molecule has 0 aliphatic carbocycles. The van der Waals surface area contributed by atoms with Gasteiger partial charge >= 0.3 is 0 Å². The SMILES string of the molecule is CC(C)c1noc(CN2CCC(Nc3ccnc(N4CCOCC4)n3)CC2)n1. The molecule has 152 valence electrons. The third-order valence-electron chi connectivity index (χ3n) is 5.24. The molecule has 1 N–H and O–H groups in total. The van der Waals surface area contributed by atoms with Crippen molar-refractivity contribution in [3.05, 3.63) is 24.0 Å². The van der Waals surface area contributed by atoms with Crippen LogP contribution in [0.5, 0.6) is 0 Å². The minimum Gasteiger partial charge on any atom is -0.378 e. The first kappa shape index (κ1) is 19.1. The van der Waals surface area contributed by atoms with Crippen LogP contribution in [0.1, 0.15) is 44.3 Å². The van der Waals surface area contributed by atoms with Gasteiger partial charge in [0.15, 0.2) is 5.82 Å². The van der Waals surface area contributed by atoms with Crippen molar-refractivity contribution < 1.29 is 9.26 Å². The van der Waals surface area contributed by atoms with Crippen LogP contribution in [0.4, 0.5) is 11.8 Å². The molecule has 2 aliphatic heterocycles. The van der Waals surface area contributed by atoms with Gasteiger partial charge in [0.2, 0.25) is 11.8 Å². The Labute approximate surface area is 165 Å². The van der Waals surface area contributed by atoms with Crippen molar-refractivity contribution >= 4 is 11.8 Å². The highest BCUT2D eigenvalue weighted by molar-refractivity contribution is 5.42. The van der Waals surface area contributed by atoms with Gasteiger partial charge < -0.3 is 19.5 Å². The first-order chi connectivity index (χ1) is 13.7. The minimum atomic E-state index is 0.294. The van der Waals surface area contributed by atoms with Crippen molar-refractivity contribution in [2.75, 3.05) is 49.6 Å². The van der Waals surface area contributed by atoms with E-state index in [1.165, 1.54) is 0 Å². The van der Waals surface area contributed by atoms with Crippen LogP contribution in [0.2, 0.25) is 0 Å². The summed E-state index contributed by atoms with van der Waals surface area (Å²) >= 11 is 0. The molecule has 9 heteroatoms. The predicted molar refractivity (Wildman–Crippen MR) is 105 cm³/mol. The van der Waals surface area contributed by atoms with Gasteiger partial charge in [-0.3, -0.25) is 4.90 Å². The highest BCUT2D eigenvalue weighted by atomic mass is 16.5. The number of rotatable bonds is 6. The Morgan fingerprint density at radius 3 is 2.64 bits per heavy atom. The van der Waals surface area contributed by atoms with Crippen LogP contribution in [-0.4, -0.2) is 70.4 Å². The van der Waals surface area contributed by atoms with Crippen LogP contribution in [0.15, 0.2) is 16.8 Å². The molecule has 0 amide bonds. The monoisotopic (exact) mass is 387 g/mol. The molecule has 28 heavy (non-hydrogen) atoms. The van der Waals surface area contributed by atoms with E-state index in [0.717, 1.165) is 76.4 Å². The highest BCUT2D eigenvalue weighted by Crippen LogP contribution is 2.19. The Balaban J connectivity index is 1.27. The predicted octanol–water partition coefficient (Wildman–Crippen LogP) is 1.90. The van der Waals surface area contributed by atoms with E-state index in [4.69, 9.17) is 14.2 Å². The quantitative estimate of drug-likeness (QED) is 0.797. The number of ether oxygens (including phenoxy) is 1. The fourth-order valence-corrected chi connectivity index (χ4v) is 3.55. The van der Waals surface area contributed by atoms with Crippen LogP contribution < -0.4 is 10.2 Å². The summed E-state index contributed by atoms with van der Waals surface area (Å²) in [5, 5.41) is 7.62. The molecule has 0 bridgehead atoms. The Morgan fingerprint density at radius 1 is 1.14 bits per heavy atom. The summed E-state index contributed by atoms with van der Waals surface area (Å²) in [6.45, 7) is 10.0. The van der Waals surface area contributed by atoms with E-state index in [2.05, 4.69) is 44.1 Å². The maximum absolute atomic E-state index is 5.41. The van der Waals surface area contributed by atoms with E-state index in [0.29, 0.717) is 17.9 Å². The van der Waals surface area contributed by atoms with E-state index in [-0.39, 0.29) is 0 Å². The fourth-order valence-electron chi connectivity index (χ4n) is 3.55. The molecule has 0 unspecified atom stereocenters. The second-order valence-corrected chi connectivity index (χ2v) is 7.74. The summed E-state index contributed by atoms with van der Waals surface area (Å²) in [5.41, 5.74) is 0. The molecular formula is C19H29N7O2. The van der Waals surface area contributed by atoms with Gasteiger partial charge in [-0.25, -0.2) is 4.98 Å². The van der Waals surface area contributed by atoms with Crippen molar-refractivity contribution in [1.29, 1.82) is 0 Å². The Hall–Kier alpha value is -2.26. The molecular weight excluding hydrogens is 358 g/mol. The Bertz CT molecular complexity index is 752. The van der Waals surface area contributed by atoms with Gasteiger partial charge in [-0.15, -0.1) is 0 Å². The van der Waals surface area contributed by atoms with Gasteiger partial charge in [0.1, 0.15) is 5.82 Å². The molecule has 0 atom stereocenters. The standard InChI is InChI=1S/C19H29N7O2/c1-14(2)18-23-17(28-24-18)13-25-7-4-15(5-8-25)21-16-3-6-20-19(22-16)26-9-11-27-12-10-26/h3,6,14-15H,4-5,7-13H2,1-2H3,(H,20,21,22). The topological polar surface area (TPSA) is 92.4 Å². The van der Waals surface area contributed by atoms with Crippen molar-refractivity contribution in [1.82, 2.24) is 25.0 Å². The first-order valence-corrected chi connectivity index (χ1v) is 10.1. The van der Waals surface area contributed by atoms with Crippen LogP contribution >= 0.6 is 0 Å². The average Bonchev–Trinajstić information content (AvgIpc) is 3.19. The number of likely N-dealkylation sites (tertiary alicyclic amines) is 1. The zero-order chi connectivity index (χ0) is 19.3. The molecule has 9 nitrogen and oxygen atoms in total. The Morgan fingerprint density at radius 2 is 1.93 bits per heavy atom. The number of nitrogens with zero attached hydrogens (tertiary/aromatic N) is 6. The van der Waals surface area contributed by atoms with E-state index in [1.807, 2.05) is 12.3 Å². The van der Waals surface area contributed by atoms with Gasteiger partial charge in [-0.1, -0.05) is 19.0 Å². The largest absolute Gasteiger partial charge is 0.378 e. The van der Waals surface area contributed by atoms with E-state index in [1.54, 1.807) is 0 Å². The van der Waals surface area contributed by atoms with E-state index in [9.17, 15) is 0 Å². The van der Waals surface area contributed by atoms with Crippen LogP contribution in [0, 0.1) is 0 Å². The number of nitrogens with one attached hydrogen (secondary N) is 1. The normalized spacial score (nSPS) is 19.3. The third-order valence-corrected chi connectivity index (χ3v) is 5.24. The maximum atomic E-state index is 5.41. The van der Waals surface area contributed by atoms with Crippen molar-refractivity contribution in [3.63, 3.8) is 0 Å². The smallest absolute Gasteiger partial charge is 0.240 e. The van der Waals surface area contributed by atoms with Crippen LogP contribution in [0.3, 0.4) is 0 Å². The minimum absolute atomic E-state index is 0.294. The van der Waals surface area contributed by atoms with Gasteiger partial charge in [-0.05, 0) is 18.9 Å². The molecule has 4 rings (SSSR count). The van der Waals surface area contributed by atoms with Crippen molar-refractivity contribution in [2.45, 2.75) is 45.2 Å². The fraction of sp³-hybridized carbons (Fsp3) is 0.684. The molecule has 2 aliphatic rings. The highest BCUT2D eigenvalue weighted by Gasteiger charge is 2.22. The number of hydrogen-bond donors (Lipinski definition) is 1. The second-order valence-electron chi connectivity index (χ2n) is 7.74. The molecule has 0 saturated carbocycles. The summed E-state index contributed by atoms with van der Waals surface area (Å²) < 4.78 is 10.8. The molecule has 4 heterocycles. The zero-order valence-corrected chi connectivity index (χ0v) is 16.7. The molecule has 2 aromatic heterocycles. The third kappa shape index (κ3) is 4.77. The van der Waals surface area contributed by atoms with Crippen molar-refractivity contribution in [3.8, 4) is 0 Å². The lowest BCUT2D eigenvalue weighted by atomic mass is 10.1. The molecule has 0 radical (unpaired) electrons. The molecule has 0 spiro atoms. The lowest BCUT2D eigenvalue weighted by Crippen LogP contribution is -2.39. The lowest BCUT2D eigenvalue weighted by Gasteiger charge is -2.32. The maximum Gasteiger partial charge on any atom is 0.240 e. The number of anilines is 2. The van der Waals surface area contributed by atoms with Crippen LogP contribution in [0.25, 0.3) is 0 Å². The van der Waals surface area contributed by atoms with Gasteiger partial charge in [-0.2, -0.15) is 9.97 Å². The molecule has 2 saturated heterocycles. The summed E-state index contributed by atoms with van der Waals surface area (Å²) in [7, 11) is 0. The second kappa shape index (κ2) is 8.83. The molecule has 0 aromatic carbocycles. The number of piperidine rings is 1. The molecule has 2 fully saturated rings. The zero-order valence-electron chi connectivity index (χ0n) is 16.7. The van der Waals surface area contributed by atoms with Crippen LogP contribution in [-0.2, 0) is 11.3 Å². The summed E-state index contributed by atoms with van der Waals surface area (Å²) in [6.07, 6.45) is 3.95. The van der Waals surface area contributed by atoms with Crippen molar-refractivity contribution in [2.24, 2.45) is 0 Å². The summed E-state index contributed by atoms with van der Waals surface area (Å²) in [6, 6.07) is 2.36.